The summed E-state index contributed by atoms with van der Waals surface area (Å²) < 4.78 is 81.6. The molecule has 6 atom stereocenters. The monoisotopic (exact) mass is 504 g/mol. The van der Waals surface area contributed by atoms with Crippen molar-refractivity contribution in [3.05, 3.63) is 0 Å². The lowest BCUT2D eigenvalue weighted by atomic mass is 9.90. The highest BCUT2D eigenvalue weighted by Gasteiger charge is 2.38. The summed E-state index contributed by atoms with van der Waals surface area (Å²) in [6, 6.07) is 0. The topological polar surface area (TPSA) is 89.5 Å². The van der Waals surface area contributed by atoms with Gasteiger partial charge < -0.3 is 0 Å². The molecule has 8 nitrogen and oxygen atoms in total. The molecule has 32 heavy (non-hydrogen) atoms. The van der Waals surface area contributed by atoms with E-state index in [9.17, 15) is 18.2 Å². The van der Waals surface area contributed by atoms with Crippen molar-refractivity contribution in [1.82, 2.24) is 0 Å². The zero-order valence-corrected chi connectivity index (χ0v) is 20.3. The molecule has 2 saturated carbocycles. The van der Waals surface area contributed by atoms with E-state index in [0.717, 1.165) is 51.4 Å². The van der Waals surface area contributed by atoms with Crippen LogP contribution in [0.15, 0.2) is 0 Å². The molecule has 0 aromatic heterocycles. The van der Waals surface area contributed by atoms with Crippen LogP contribution in [-0.2, 0) is 36.7 Å². The Labute approximate surface area is 189 Å². The van der Waals surface area contributed by atoms with Gasteiger partial charge in [0.15, 0.2) is 0 Å². The molecular formula is C20H36F2O8P2. The molecule has 12 heteroatoms. The average molecular weight is 504 g/mol. The molecule has 3 fully saturated rings. The first-order chi connectivity index (χ1) is 15.4. The van der Waals surface area contributed by atoms with Gasteiger partial charge in [-0.25, -0.2) is 9.13 Å². The Hall–Kier alpha value is 0.0800. The first-order valence-electron chi connectivity index (χ1n) is 11.9. The third-order valence-electron chi connectivity index (χ3n) is 6.68. The first kappa shape index (κ1) is 26.7. The largest absolute Gasteiger partial charge is 0.506 e. The standard InChI is InChI=1S/C20H36F2O8P2/c21-29-31(23)26-16-18-9-4-2-1-3-5-11-20(14-18)28-32(24,30-22)25-15-17-8-6-7-10-19(27-31)13-12-17/h17-20H,1-16H2. The normalized spacial score (nSPS) is 41.6. The second-order valence-electron chi connectivity index (χ2n) is 9.25. The van der Waals surface area contributed by atoms with Crippen molar-refractivity contribution in [2.75, 3.05) is 13.2 Å². The van der Waals surface area contributed by atoms with Crippen LogP contribution >= 0.6 is 15.6 Å². The SMILES string of the molecule is O=P1(OF)OCC2CCCCCCCC(C2)OP(=O)(OF)OCC2CCCCC(CC2)O1. The van der Waals surface area contributed by atoms with Gasteiger partial charge in [-0.1, -0.05) is 54.4 Å². The van der Waals surface area contributed by atoms with Crippen LogP contribution in [0.25, 0.3) is 0 Å². The fourth-order valence-electron chi connectivity index (χ4n) is 4.87. The molecule has 6 unspecified atom stereocenters. The fraction of sp³-hybridized carbons (Fsp3) is 1.00. The van der Waals surface area contributed by atoms with E-state index in [1.165, 1.54) is 0 Å². The van der Waals surface area contributed by atoms with Crippen LogP contribution < -0.4 is 0 Å². The van der Waals surface area contributed by atoms with E-state index >= 15 is 0 Å². The molecular weight excluding hydrogens is 468 g/mol. The van der Waals surface area contributed by atoms with Crippen molar-refractivity contribution < 1.29 is 45.7 Å². The fourth-order valence-corrected chi connectivity index (χ4v) is 7.05. The highest BCUT2D eigenvalue weighted by molar-refractivity contribution is 7.48. The smallest absolute Gasteiger partial charge is 0.285 e. The maximum absolute atomic E-state index is 13.3. The van der Waals surface area contributed by atoms with Crippen LogP contribution in [0.5, 0.6) is 0 Å². The minimum Gasteiger partial charge on any atom is -0.285 e. The molecule has 2 aliphatic carbocycles. The lowest BCUT2D eigenvalue weighted by Gasteiger charge is -2.27. The predicted octanol–water partition coefficient (Wildman–Crippen LogP) is 7.54. The van der Waals surface area contributed by atoms with Crippen molar-refractivity contribution in [2.45, 2.75) is 102 Å². The molecule has 1 aliphatic heterocycles. The molecule has 4 bridgehead atoms. The highest BCUT2D eigenvalue weighted by atomic mass is 31.2. The number of halogens is 2. The van der Waals surface area contributed by atoms with Crippen molar-refractivity contribution in [2.24, 2.45) is 11.8 Å². The molecule has 0 radical (unpaired) electrons. The zero-order chi connectivity index (χ0) is 22.9. The van der Waals surface area contributed by atoms with Crippen molar-refractivity contribution in [3.63, 3.8) is 0 Å². The number of phosphoric ester groups is 2. The summed E-state index contributed by atoms with van der Waals surface area (Å²) in [5.41, 5.74) is 0. The molecule has 0 aromatic carbocycles. The van der Waals surface area contributed by atoms with Gasteiger partial charge in [-0.2, -0.15) is 0 Å². The predicted molar refractivity (Wildman–Crippen MR) is 113 cm³/mol. The summed E-state index contributed by atoms with van der Waals surface area (Å²) in [6.45, 7) is -0.0596. The summed E-state index contributed by atoms with van der Waals surface area (Å²) in [5, 5.41) is 0. The summed E-state index contributed by atoms with van der Waals surface area (Å²) in [5.74, 6) is -0.229. The van der Waals surface area contributed by atoms with E-state index in [1.807, 2.05) is 0 Å². The summed E-state index contributed by atoms with van der Waals surface area (Å²) in [6.07, 6.45) is 9.34. The lowest BCUT2D eigenvalue weighted by molar-refractivity contribution is -0.0733. The third kappa shape index (κ3) is 8.70. The molecule has 3 aliphatic rings. The second-order valence-corrected chi connectivity index (χ2v) is 12.3. The van der Waals surface area contributed by atoms with Gasteiger partial charge in [0, 0.05) is 0 Å². The number of hydrogen-bond donors (Lipinski definition) is 0. The maximum atomic E-state index is 13.3. The lowest BCUT2D eigenvalue weighted by Crippen LogP contribution is -2.22. The Morgan fingerprint density at radius 2 is 1.09 bits per heavy atom. The molecule has 0 aromatic rings. The van der Waals surface area contributed by atoms with E-state index in [1.54, 1.807) is 0 Å². The Morgan fingerprint density at radius 3 is 1.81 bits per heavy atom. The van der Waals surface area contributed by atoms with Crippen LogP contribution in [0.3, 0.4) is 0 Å². The van der Waals surface area contributed by atoms with Crippen molar-refractivity contribution >= 4 is 15.6 Å². The van der Waals surface area contributed by atoms with Crippen LogP contribution in [0, 0.1) is 11.8 Å². The molecule has 1 saturated heterocycles. The van der Waals surface area contributed by atoms with E-state index < -0.39 is 27.9 Å². The average Bonchev–Trinajstić information content (AvgIpc) is 2.78. The Bertz CT molecular complexity index is 655. The van der Waals surface area contributed by atoms with Gasteiger partial charge in [-0.3, -0.25) is 18.1 Å². The number of fused-ring (bicyclic) bond motifs is 5. The van der Waals surface area contributed by atoms with Gasteiger partial charge in [-0.05, 0) is 65.8 Å². The number of hydrogen-bond acceptors (Lipinski definition) is 8. The first-order valence-corrected chi connectivity index (χ1v) is 14.8. The van der Waals surface area contributed by atoms with Crippen LogP contribution in [0.1, 0.15) is 89.9 Å². The molecule has 188 valence electrons. The van der Waals surface area contributed by atoms with Crippen molar-refractivity contribution in [1.29, 1.82) is 0 Å². The molecule has 1 heterocycles. The summed E-state index contributed by atoms with van der Waals surface area (Å²) in [7, 11) is -8.74. The van der Waals surface area contributed by atoms with E-state index in [4.69, 9.17) is 18.1 Å². The third-order valence-corrected chi connectivity index (χ3v) is 9.06. The van der Waals surface area contributed by atoms with Gasteiger partial charge in [-0.15, -0.1) is 0 Å². The van der Waals surface area contributed by atoms with Crippen LogP contribution in [0.2, 0.25) is 0 Å². The van der Waals surface area contributed by atoms with Crippen LogP contribution in [0.4, 0.5) is 9.05 Å². The Balaban J connectivity index is 1.82. The van der Waals surface area contributed by atoms with E-state index in [-0.39, 0.29) is 25.0 Å². The summed E-state index contributed by atoms with van der Waals surface area (Å²) in [4.78, 5) is 0. The van der Waals surface area contributed by atoms with Crippen LogP contribution in [-0.4, -0.2) is 25.4 Å². The van der Waals surface area contributed by atoms with E-state index in [0.29, 0.717) is 38.5 Å². The quantitative estimate of drug-likeness (QED) is 0.356. The van der Waals surface area contributed by atoms with Gasteiger partial charge >= 0.3 is 15.6 Å². The van der Waals surface area contributed by atoms with Gasteiger partial charge in [0.1, 0.15) is 0 Å². The van der Waals surface area contributed by atoms with E-state index in [2.05, 4.69) is 9.46 Å². The van der Waals surface area contributed by atoms with Gasteiger partial charge in [0.25, 0.3) is 0 Å². The molecule has 0 spiro atoms. The molecule has 3 rings (SSSR count). The Kier molecular flexibility index (Phi) is 11.0. The maximum Gasteiger partial charge on any atom is 0.506 e. The van der Waals surface area contributed by atoms with Gasteiger partial charge in [0.05, 0.1) is 25.4 Å². The second kappa shape index (κ2) is 13.2. The summed E-state index contributed by atoms with van der Waals surface area (Å²) >= 11 is 0. The molecule has 0 amide bonds. The van der Waals surface area contributed by atoms with Gasteiger partial charge in [0.2, 0.25) is 0 Å². The van der Waals surface area contributed by atoms with Crippen molar-refractivity contribution in [3.8, 4) is 0 Å². The highest BCUT2D eigenvalue weighted by Crippen LogP contribution is 2.55. The minimum absolute atomic E-state index is 0.0117. The molecule has 0 N–H and O–H groups in total. The number of rotatable bonds is 2. The zero-order valence-electron chi connectivity index (χ0n) is 18.5. The minimum atomic E-state index is -4.37. The number of phosphoric acid groups is 2. The Morgan fingerprint density at radius 1 is 0.594 bits per heavy atom.